The minimum Gasteiger partial charge on any atom is -0.462 e. The standard InChI is InChI=1S/C13H22O2/c1-6-11(4)8-7-9-12(5)15-13(14)10(2)3/h6,10,12H,1,4,7-9H2,2-3,5H3. The van der Waals surface area contributed by atoms with Crippen molar-refractivity contribution in [3.8, 4) is 0 Å². The first-order chi connectivity index (χ1) is 6.97. The number of esters is 1. The third kappa shape index (κ3) is 6.95. The van der Waals surface area contributed by atoms with Crippen LogP contribution in [0.25, 0.3) is 0 Å². The van der Waals surface area contributed by atoms with Gasteiger partial charge in [0.1, 0.15) is 0 Å². The Bertz CT molecular complexity index is 229. The highest BCUT2D eigenvalue weighted by atomic mass is 16.5. The number of ether oxygens (including phenoxy) is 1. The summed E-state index contributed by atoms with van der Waals surface area (Å²) in [7, 11) is 0. The molecule has 0 aliphatic heterocycles. The molecule has 0 aliphatic rings. The van der Waals surface area contributed by atoms with Crippen LogP contribution in [0.5, 0.6) is 0 Å². The Hall–Kier alpha value is -1.05. The van der Waals surface area contributed by atoms with E-state index < -0.39 is 0 Å². The van der Waals surface area contributed by atoms with Crippen LogP contribution >= 0.6 is 0 Å². The van der Waals surface area contributed by atoms with Crippen LogP contribution in [-0.2, 0) is 9.53 Å². The van der Waals surface area contributed by atoms with Gasteiger partial charge in [0.15, 0.2) is 0 Å². The van der Waals surface area contributed by atoms with Crippen LogP contribution in [0, 0.1) is 5.92 Å². The topological polar surface area (TPSA) is 26.3 Å². The summed E-state index contributed by atoms with van der Waals surface area (Å²) in [4.78, 5) is 11.3. The molecular formula is C13H22O2. The van der Waals surface area contributed by atoms with E-state index in [0.29, 0.717) is 0 Å². The summed E-state index contributed by atoms with van der Waals surface area (Å²) < 4.78 is 5.23. The summed E-state index contributed by atoms with van der Waals surface area (Å²) in [6, 6.07) is 0. The smallest absolute Gasteiger partial charge is 0.308 e. The van der Waals surface area contributed by atoms with E-state index in [2.05, 4.69) is 13.2 Å². The fourth-order valence-electron chi connectivity index (χ4n) is 1.11. The van der Waals surface area contributed by atoms with E-state index in [9.17, 15) is 4.79 Å². The number of hydrogen-bond donors (Lipinski definition) is 0. The quantitative estimate of drug-likeness (QED) is 0.475. The van der Waals surface area contributed by atoms with Crippen molar-refractivity contribution in [1.82, 2.24) is 0 Å². The molecule has 0 saturated carbocycles. The van der Waals surface area contributed by atoms with Crippen molar-refractivity contribution in [2.75, 3.05) is 0 Å². The highest BCUT2D eigenvalue weighted by Crippen LogP contribution is 2.11. The van der Waals surface area contributed by atoms with Gasteiger partial charge in [-0.2, -0.15) is 0 Å². The van der Waals surface area contributed by atoms with Crippen LogP contribution < -0.4 is 0 Å². The van der Waals surface area contributed by atoms with Crippen molar-refractivity contribution in [3.05, 3.63) is 24.8 Å². The van der Waals surface area contributed by atoms with E-state index in [-0.39, 0.29) is 18.0 Å². The molecule has 15 heavy (non-hydrogen) atoms. The molecule has 0 N–H and O–H groups in total. The molecule has 2 nitrogen and oxygen atoms in total. The van der Waals surface area contributed by atoms with E-state index in [0.717, 1.165) is 24.8 Å². The van der Waals surface area contributed by atoms with Gasteiger partial charge in [-0.15, -0.1) is 0 Å². The zero-order valence-corrected chi connectivity index (χ0v) is 10.1. The van der Waals surface area contributed by atoms with Gasteiger partial charge in [0.05, 0.1) is 12.0 Å². The fraction of sp³-hybridized carbons (Fsp3) is 0.615. The molecule has 0 fully saturated rings. The Morgan fingerprint density at radius 1 is 1.40 bits per heavy atom. The van der Waals surface area contributed by atoms with Crippen molar-refractivity contribution in [2.45, 2.75) is 46.1 Å². The van der Waals surface area contributed by atoms with Gasteiger partial charge in [-0.05, 0) is 26.2 Å². The second-order valence-corrected chi connectivity index (χ2v) is 4.16. The van der Waals surface area contributed by atoms with Crippen LogP contribution in [0.3, 0.4) is 0 Å². The van der Waals surface area contributed by atoms with Crippen LogP contribution in [0.4, 0.5) is 0 Å². The maximum absolute atomic E-state index is 11.3. The van der Waals surface area contributed by atoms with Crippen molar-refractivity contribution in [1.29, 1.82) is 0 Å². The van der Waals surface area contributed by atoms with Crippen LogP contribution in [0.2, 0.25) is 0 Å². The van der Waals surface area contributed by atoms with Crippen LogP contribution in [0.1, 0.15) is 40.0 Å². The lowest BCUT2D eigenvalue weighted by Crippen LogP contribution is -2.18. The van der Waals surface area contributed by atoms with Gasteiger partial charge in [0.2, 0.25) is 0 Å². The molecular weight excluding hydrogens is 188 g/mol. The molecule has 0 saturated heterocycles. The highest BCUT2D eigenvalue weighted by Gasteiger charge is 2.12. The fourth-order valence-corrected chi connectivity index (χ4v) is 1.11. The molecule has 0 aromatic rings. The monoisotopic (exact) mass is 210 g/mol. The zero-order chi connectivity index (χ0) is 11.8. The molecule has 0 spiro atoms. The zero-order valence-electron chi connectivity index (χ0n) is 10.1. The normalized spacial score (nSPS) is 12.3. The number of carbonyl (C=O) groups is 1. The summed E-state index contributed by atoms with van der Waals surface area (Å²) in [5.41, 5.74) is 1.04. The van der Waals surface area contributed by atoms with Crippen molar-refractivity contribution >= 4 is 5.97 Å². The number of hydrogen-bond acceptors (Lipinski definition) is 2. The largest absolute Gasteiger partial charge is 0.462 e. The second-order valence-electron chi connectivity index (χ2n) is 4.16. The lowest BCUT2D eigenvalue weighted by atomic mass is 10.1. The first-order valence-electron chi connectivity index (χ1n) is 5.48. The average molecular weight is 210 g/mol. The Labute approximate surface area is 93.0 Å². The third-order valence-electron chi connectivity index (χ3n) is 2.19. The van der Waals surface area contributed by atoms with E-state index >= 15 is 0 Å². The molecule has 0 aromatic heterocycles. The lowest BCUT2D eigenvalue weighted by Gasteiger charge is -2.14. The number of allylic oxidation sites excluding steroid dienone is 2. The summed E-state index contributed by atoms with van der Waals surface area (Å²) >= 11 is 0. The molecule has 1 atom stereocenters. The van der Waals surface area contributed by atoms with Crippen LogP contribution in [0.15, 0.2) is 24.8 Å². The maximum atomic E-state index is 11.3. The molecule has 0 aliphatic carbocycles. The minimum atomic E-state index is -0.120. The Morgan fingerprint density at radius 3 is 2.47 bits per heavy atom. The molecule has 0 heterocycles. The van der Waals surface area contributed by atoms with Gasteiger partial charge in [-0.3, -0.25) is 4.79 Å². The van der Waals surface area contributed by atoms with E-state index in [1.54, 1.807) is 6.08 Å². The highest BCUT2D eigenvalue weighted by molar-refractivity contribution is 5.71. The van der Waals surface area contributed by atoms with E-state index in [4.69, 9.17) is 4.74 Å². The van der Waals surface area contributed by atoms with E-state index in [1.807, 2.05) is 20.8 Å². The first kappa shape index (κ1) is 13.9. The molecule has 0 bridgehead atoms. The molecule has 1 unspecified atom stereocenters. The van der Waals surface area contributed by atoms with Gasteiger partial charge in [-0.1, -0.05) is 38.7 Å². The average Bonchev–Trinajstić information content (AvgIpc) is 2.17. The SMILES string of the molecule is C=CC(=C)CCCC(C)OC(=O)C(C)C. The second kappa shape index (κ2) is 7.27. The van der Waals surface area contributed by atoms with Gasteiger partial charge in [-0.25, -0.2) is 0 Å². The van der Waals surface area contributed by atoms with Crippen molar-refractivity contribution in [2.24, 2.45) is 5.92 Å². The first-order valence-corrected chi connectivity index (χ1v) is 5.48. The Morgan fingerprint density at radius 2 is 2.00 bits per heavy atom. The lowest BCUT2D eigenvalue weighted by molar-refractivity contribution is -0.152. The van der Waals surface area contributed by atoms with Crippen LogP contribution in [-0.4, -0.2) is 12.1 Å². The molecule has 0 radical (unpaired) electrons. The van der Waals surface area contributed by atoms with Gasteiger partial charge < -0.3 is 4.74 Å². The Balaban J connectivity index is 3.66. The van der Waals surface area contributed by atoms with Gasteiger partial charge in [0, 0.05) is 0 Å². The van der Waals surface area contributed by atoms with Gasteiger partial charge >= 0.3 is 5.97 Å². The predicted octanol–water partition coefficient (Wildman–Crippen LogP) is 3.49. The van der Waals surface area contributed by atoms with E-state index in [1.165, 1.54) is 0 Å². The minimum absolute atomic E-state index is 0.00230. The molecule has 0 aromatic carbocycles. The van der Waals surface area contributed by atoms with Gasteiger partial charge in [0.25, 0.3) is 0 Å². The van der Waals surface area contributed by atoms with Crippen molar-refractivity contribution in [3.63, 3.8) is 0 Å². The molecule has 2 heteroatoms. The summed E-state index contributed by atoms with van der Waals surface area (Å²) in [6.07, 6.45) is 4.55. The Kier molecular flexibility index (Phi) is 6.76. The number of carbonyl (C=O) groups excluding carboxylic acids is 1. The summed E-state index contributed by atoms with van der Waals surface area (Å²) in [5, 5.41) is 0. The third-order valence-corrected chi connectivity index (χ3v) is 2.19. The molecule has 0 rings (SSSR count). The maximum Gasteiger partial charge on any atom is 0.308 e. The molecule has 86 valence electrons. The molecule has 0 amide bonds. The predicted molar refractivity (Wildman–Crippen MR) is 63.6 cm³/mol. The summed E-state index contributed by atoms with van der Waals surface area (Å²) in [6.45, 7) is 13.1. The summed E-state index contributed by atoms with van der Waals surface area (Å²) in [5.74, 6) is -0.166. The number of rotatable bonds is 7. The van der Waals surface area contributed by atoms with Crippen molar-refractivity contribution < 1.29 is 9.53 Å².